The minimum Gasteiger partial charge on any atom is -0.386 e. The summed E-state index contributed by atoms with van der Waals surface area (Å²) in [5.41, 5.74) is 4.21. The van der Waals surface area contributed by atoms with E-state index in [9.17, 15) is 5.11 Å². The van der Waals surface area contributed by atoms with Gasteiger partial charge in [-0.3, -0.25) is 9.97 Å². The number of hydrogen-bond donors (Lipinski definition) is 1. The summed E-state index contributed by atoms with van der Waals surface area (Å²) in [7, 11) is 0. The van der Waals surface area contributed by atoms with E-state index in [1.54, 1.807) is 18.6 Å². The number of hydrogen-bond acceptors (Lipinski definition) is 3. The van der Waals surface area contributed by atoms with Gasteiger partial charge < -0.3 is 5.11 Å². The van der Waals surface area contributed by atoms with Crippen LogP contribution >= 0.6 is 0 Å². The van der Waals surface area contributed by atoms with E-state index in [4.69, 9.17) is 0 Å². The van der Waals surface area contributed by atoms with Crippen molar-refractivity contribution < 1.29 is 5.11 Å². The van der Waals surface area contributed by atoms with E-state index in [0.29, 0.717) is 12.1 Å². The quantitative estimate of drug-likeness (QED) is 0.877. The van der Waals surface area contributed by atoms with Crippen molar-refractivity contribution in [3.63, 3.8) is 0 Å². The van der Waals surface area contributed by atoms with E-state index in [1.807, 2.05) is 6.07 Å². The second kappa shape index (κ2) is 5.06. The lowest BCUT2D eigenvalue weighted by atomic mass is 9.96. The fourth-order valence-electron chi connectivity index (χ4n) is 1.95. The molecule has 2 rings (SSSR count). The fraction of sp³-hybridized carbons (Fsp3) is 0.286. The Morgan fingerprint density at radius 2 is 1.88 bits per heavy atom. The van der Waals surface area contributed by atoms with Gasteiger partial charge in [-0.25, -0.2) is 0 Å². The zero-order valence-corrected chi connectivity index (χ0v) is 10.1. The summed E-state index contributed by atoms with van der Waals surface area (Å²) in [6.07, 6.45) is 4.80. The zero-order chi connectivity index (χ0) is 12.3. The van der Waals surface area contributed by atoms with Crippen molar-refractivity contribution in [2.75, 3.05) is 0 Å². The summed E-state index contributed by atoms with van der Waals surface area (Å²) in [6.45, 7) is 4.12. The van der Waals surface area contributed by atoms with E-state index in [-0.39, 0.29) is 0 Å². The van der Waals surface area contributed by atoms with Crippen LogP contribution in [-0.2, 0) is 6.42 Å². The lowest BCUT2D eigenvalue weighted by Gasteiger charge is -2.13. The van der Waals surface area contributed by atoms with Crippen molar-refractivity contribution in [2.24, 2.45) is 0 Å². The third-order valence-electron chi connectivity index (χ3n) is 2.97. The first-order valence-corrected chi connectivity index (χ1v) is 5.67. The van der Waals surface area contributed by atoms with Crippen LogP contribution in [0.3, 0.4) is 0 Å². The minimum absolute atomic E-state index is 0.581. The number of aryl methyl sites for hydroxylation is 2. The number of aromatic nitrogens is 2. The molecule has 17 heavy (non-hydrogen) atoms. The fourth-order valence-corrected chi connectivity index (χ4v) is 1.95. The van der Waals surface area contributed by atoms with Crippen molar-refractivity contribution in [1.82, 2.24) is 9.97 Å². The Bertz CT molecular complexity index is 477. The first kappa shape index (κ1) is 11.7. The van der Waals surface area contributed by atoms with Crippen LogP contribution in [0, 0.1) is 13.8 Å². The molecule has 88 valence electrons. The molecule has 0 bridgehead atoms. The predicted octanol–water partition coefficient (Wildman–Crippen LogP) is 2.37. The lowest BCUT2D eigenvalue weighted by Crippen LogP contribution is -2.06. The topological polar surface area (TPSA) is 46.0 Å². The van der Waals surface area contributed by atoms with Crippen molar-refractivity contribution in [3.05, 3.63) is 59.2 Å². The van der Waals surface area contributed by atoms with Crippen LogP contribution in [0.15, 0.2) is 36.8 Å². The van der Waals surface area contributed by atoms with Gasteiger partial charge in [-0.1, -0.05) is 18.2 Å². The Kier molecular flexibility index (Phi) is 3.49. The van der Waals surface area contributed by atoms with Gasteiger partial charge >= 0.3 is 0 Å². The molecule has 1 unspecified atom stereocenters. The van der Waals surface area contributed by atoms with Crippen LogP contribution in [-0.4, -0.2) is 15.1 Å². The highest BCUT2D eigenvalue weighted by Crippen LogP contribution is 2.21. The first-order chi connectivity index (χ1) is 8.18. The normalized spacial score (nSPS) is 12.4. The van der Waals surface area contributed by atoms with Crippen LogP contribution in [0.1, 0.15) is 28.5 Å². The summed E-state index contributed by atoms with van der Waals surface area (Å²) in [6, 6.07) is 6.15. The maximum atomic E-state index is 10.1. The Morgan fingerprint density at radius 1 is 1.18 bits per heavy atom. The van der Waals surface area contributed by atoms with Crippen LogP contribution in [0.2, 0.25) is 0 Å². The second-order valence-electron chi connectivity index (χ2n) is 4.22. The molecule has 0 saturated carbocycles. The van der Waals surface area contributed by atoms with Gasteiger partial charge in [0.2, 0.25) is 0 Å². The zero-order valence-electron chi connectivity index (χ0n) is 10.1. The van der Waals surface area contributed by atoms with Crippen molar-refractivity contribution >= 4 is 0 Å². The molecule has 0 amide bonds. The van der Waals surface area contributed by atoms with E-state index in [1.165, 1.54) is 16.7 Å². The van der Waals surface area contributed by atoms with E-state index in [0.717, 1.165) is 0 Å². The van der Waals surface area contributed by atoms with Crippen LogP contribution < -0.4 is 0 Å². The average Bonchev–Trinajstić information content (AvgIpc) is 2.35. The number of aliphatic hydroxyl groups excluding tert-OH is 1. The molecule has 1 aromatic heterocycles. The third kappa shape index (κ3) is 2.68. The highest BCUT2D eigenvalue weighted by Gasteiger charge is 2.12. The summed E-state index contributed by atoms with van der Waals surface area (Å²) in [4.78, 5) is 8.09. The summed E-state index contributed by atoms with van der Waals surface area (Å²) >= 11 is 0. The number of aliphatic hydroxyl groups is 1. The molecule has 0 aliphatic heterocycles. The molecular formula is C14H16N2O. The van der Waals surface area contributed by atoms with E-state index >= 15 is 0 Å². The summed E-state index contributed by atoms with van der Waals surface area (Å²) < 4.78 is 0. The van der Waals surface area contributed by atoms with Crippen LogP contribution in [0.5, 0.6) is 0 Å². The minimum atomic E-state index is -0.594. The molecule has 1 N–H and O–H groups in total. The summed E-state index contributed by atoms with van der Waals surface area (Å²) in [5.74, 6) is 0. The number of rotatable bonds is 3. The molecule has 3 heteroatoms. The Balaban J connectivity index is 2.22. The molecule has 2 aromatic rings. The Morgan fingerprint density at radius 3 is 2.47 bits per heavy atom. The Labute approximate surface area is 101 Å². The molecule has 1 aromatic carbocycles. The Hall–Kier alpha value is -1.74. The van der Waals surface area contributed by atoms with Gasteiger partial charge in [-0.05, 0) is 30.5 Å². The lowest BCUT2D eigenvalue weighted by molar-refractivity contribution is 0.172. The van der Waals surface area contributed by atoms with Gasteiger partial charge in [-0.15, -0.1) is 0 Å². The van der Waals surface area contributed by atoms with Crippen molar-refractivity contribution in [2.45, 2.75) is 26.4 Å². The van der Waals surface area contributed by atoms with Gasteiger partial charge in [0.05, 0.1) is 11.9 Å². The van der Waals surface area contributed by atoms with Crippen LogP contribution in [0.25, 0.3) is 0 Å². The molecule has 1 atom stereocenters. The van der Waals surface area contributed by atoms with E-state index < -0.39 is 6.10 Å². The molecule has 3 nitrogen and oxygen atoms in total. The predicted molar refractivity (Wildman–Crippen MR) is 66.6 cm³/mol. The number of nitrogens with zero attached hydrogens (tertiary/aromatic N) is 2. The van der Waals surface area contributed by atoms with Gasteiger partial charge in [0, 0.05) is 18.8 Å². The highest BCUT2D eigenvalue weighted by molar-refractivity contribution is 5.34. The monoisotopic (exact) mass is 228 g/mol. The van der Waals surface area contributed by atoms with Crippen LogP contribution in [0.4, 0.5) is 0 Å². The van der Waals surface area contributed by atoms with Gasteiger partial charge in [0.15, 0.2) is 0 Å². The van der Waals surface area contributed by atoms with Crippen molar-refractivity contribution in [1.29, 1.82) is 0 Å². The van der Waals surface area contributed by atoms with Crippen molar-refractivity contribution in [3.8, 4) is 0 Å². The molecule has 0 aliphatic rings. The maximum Gasteiger partial charge on any atom is 0.102 e. The highest BCUT2D eigenvalue weighted by atomic mass is 16.3. The van der Waals surface area contributed by atoms with Gasteiger partial charge in [-0.2, -0.15) is 0 Å². The molecule has 0 aliphatic carbocycles. The standard InChI is InChI=1S/C14H16N2O/c1-10-4-3-5-11(2)12(10)8-14(17)13-9-15-6-7-16-13/h3-7,9,14,17H,8H2,1-2H3. The number of benzene rings is 1. The largest absolute Gasteiger partial charge is 0.386 e. The third-order valence-corrected chi connectivity index (χ3v) is 2.97. The molecule has 1 heterocycles. The molecular weight excluding hydrogens is 212 g/mol. The van der Waals surface area contributed by atoms with Gasteiger partial charge in [0.1, 0.15) is 6.10 Å². The first-order valence-electron chi connectivity index (χ1n) is 5.67. The van der Waals surface area contributed by atoms with E-state index in [2.05, 4.69) is 35.9 Å². The van der Waals surface area contributed by atoms with Gasteiger partial charge in [0.25, 0.3) is 0 Å². The molecule has 0 fully saturated rings. The maximum absolute atomic E-state index is 10.1. The molecule has 0 radical (unpaired) electrons. The average molecular weight is 228 g/mol. The molecule has 0 spiro atoms. The second-order valence-corrected chi connectivity index (χ2v) is 4.22. The SMILES string of the molecule is Cc1cccc(C)c1CC(O)c1cnccn1. The smallest absolute Gasteiger partial charge is 0.102 e. The molecule has 0 saturated heterocycles. The summed E-state index contributed by atoms with van der Waals surface area (Å²) in [5, 5.41) is 10.1.